The van der Waals surface area contributed by atoms with E-state index in [4.69, 9.17) is 14.5 Å². The van der Waals surface area contributed by atoms with E-state index < -0.39 is 10.0 Å². The number of hydrogen-bond donors (Lipinski definition) is 2. The lowest BCUT2D eigenvalue weighted by atomic mass is 10.1. The number of nitrogens with zero attached hydrogens (tertiary/aromatic N) is 3. The van der Waals surface area contributed by atoms with Crippen LogP contribution in [0, 0.1) is 0 Å². The van der Waals surface area contributed by atoms with E-state index in [1.54, 1.807) is 68.0 Å². The van der Waals surface area contributed by atoms with Crippen LogP contribution in [0.2, 0.25) is 0 Å². The third-order valence-electron chi connectivity index (χ3n) is 6.72. The Labute approximate surface area is 237 Å². The molecule has 10 nitrogen and oxygen atoms in total. The number of methoxy groups -OCH3 is 2. The SMILES string of the molecule is COc1ccc(OC)c2sc(N3CCN(CCNC(=O)c4ccccc4NS(=O)(=O)c4ccccc4)CC3)nc12. The lowest BCUT2D eigenvalue weighted by molar-refractivity contribution is 0.0948. The lowest BCUT2D eigenvalue weighted by Gasteiger charge is -2.34. The molecule has 4 aromatic rings. The molecule has 0 saturated carbocycles. The molecule has 3 aromatic carbocycles. The Morgan fingerprint density at radius 3 is 2.33 bits per heavy atom. The van der Waals surface area contributed by atoms with E-state index in [1.807, 2.05) is 12.1 Å². The van der Waals surface area contributed by atoms with Crippen molar-refractivity contribution in [3.8, 4) is 11.5 Å². The number of fused-ring (bicyclic) bond motifs is 1. The monoisotopic (exact) mass is 581 g/mol. The second-order valence-electron chi connectivity index (χ2n) is 9.19. The number of hydrogen-bond acceptors (Lipinski definition) is 9. The van der Waals surface area contributed by atoms with Crippen LogP contribution in [0.4, 0.5) is 10.8 Å². The lowest BCUT2D eigenvalue weighted by Crippen LogP contribution is -2.48. The molecule has 0 bridgehead atoms. The van der Waals surface area contributed by atoms with Gasteiger partial charge in [0.05, 0.1) is 30.4 Å². The van der Waals surface area contributed by atoms with E-state index in [-0.39, 0.29) is 22.1 Å². The van der Waals surface area contributed by atoms with Crippen molar-refractivity contribution < 1.29 is 22.7 Å². The normalized spacial score (nSPS) is 14.2. The summed E-state index contributed by atoms with van der Waals surface area (Å²) in [5.41, 5.74) is 1.31. The van der Waals surface area contributed by atoms with Crippen molar-refractivity contribution in [2.45, 2.75) is 4.90 Å². The van der Waals surface area contributed by atoms with Gasteiger partial charge in [-0.05, 0) is 36.4 Å². The number of thiazole rings is 1. The molecule has 1 amide bonds. The molecule has 0 radical (unpaired) electrons. The van der Waals surface area contributed by atoms with Gasteiger partial charge in [0.15, 0.2) is 5.13 Å². The molecular formula is C28H31N5O5S2. The summed E-state index contributed by atoms with van der Waals surface area (Å²) in [6.07, 6.45) is 0. The van der Waals surface area contributed by atoms with Gasteiger partial charge in [-0.1, -0.05) is 41.7 Å². The maximum atomic E-state index is 13.0. The number of carbonyl (C=O) groups excluding carboxylic acids is 1. The molecule has 0 unspecified atom stereocenters. The number of piperazine rings is 1. The minimum atomic E-state index is -3.81. The van der Waals surface area contributed by atoms with E-state index in [1.165, 1.54) is 12.1 Å². The molecule has 2 N–H and O–H groups in total. The summed E-state index contributed by atoms with van der Waals surface area (Å²) >= 11 is 1.59. The highest BCUT2D eigenvalue weighted by atomic mass is 32.2. The Morgan fingerprint density at radius 2 is 1.60 bits per heavy atom. The number of benzene rings is 3. The van der Waals surface area contributed by atoms with E-state index in [0.717, 1.165) is 53.0 Å². The molecule has 1 aromatic heterocycles. The number of amides is 1. The maximum Gasteiger partial charge on any atom is 0.261 e. The third-order valence-corrected chi connectivity index (χ3v) is 9.24. The Bertz CT molecular complexity index is 1540. The average Bonchev–Trinajstić information content (AvgIpc) is 3.43. The number of rotatable bonds is 10. The van der Waals surface area contributed by atoms with Crippen molar-refractivity contribution in [2.24, 2.45) is 0 Å². The Balaban J connectivity index is 1.15. The summed E-state index contributed by atoms with van der Waals surface area (Å²) in [7, 11) is -0.522. The van der Waals surface area contributed by atoms with E-state index in [2.05, 4.69) is 19.8 Å². The van der Waals surface area contributed by atoms with E-state index in [0.29, 0.717) is 13.1 Å². The van der Waals surface area contributed by atoms with Gasteiger partial charge in [0.2, 0.25) is 0 Å². The van der Waals surface area contributed by atoms with Crippen LogP contribution in [0.25, 0.3) is 10.2 Å². The number of ether oxygens (including phenoxy) is 2. The highest BCUT2D eigenvalue weighted by molar-refractivity contribution is 7.92. The first-order valence-corrected chi connectivity index (χ1v) is 15.1. The number of sulfonamides is 1. The summed E-state index contributed by atoms with van der Waals surface area (Å²) in [6.45, 7) is 4.39. The first-order chi connectivity index (χ1) is 19.4. The van der Waals surface area contributed by atoms with Crippen LogP contribution < -0.4 is 24.4 Å². The average molecular weight is 582 g/mol. The smallest absolute Gasteiger partial charge is 0.261 e. The summed E-state index contributed by atoms with van der Waals surface area (Å²) in [6, 6.07) is 18.4. The fourth-order valence-corrected chi connectivity index (χ4v) is 6.80. The second kappa shape index (κ2) is 12.1. The molecule has 1 saturated heterocycles. The largest absolute Gasteiger partial charge is 0.495 e. The zero-order valence-electron chi connectivity index (χ0n) is 22.3. The number of aromatic nitrogens is 1. The maximum absolute atomic E-state index is 13.0. The van der Waals surface area contributed by atoms with Crippen LogP contribution in [-0.2, 0) is 10.0 Å². The fraction of sp³-hybridized carbons (Fsp3) is 0.286. The molecule has 210 valence electrons. The van der Waals surface area contributed by atoms with Gasteiger partial charge in [0.25, 0.3) is 15.9 Å². The van der Waals surface area contributed by atoms with Crippen molar-refractivity contribution in [3.63, 3.8) is 0 Å². The summed E-state index contributed by atoms with van der Waals surface area (Å²) < 4.78 is 40.0. The number of carbonyl (C=O) groups is 1. The summed E-state index contributed by atoms with van der Waals surface area (Å²) in [4.78, 5) is 22.5. The predicted molar refractivity (Wildman–Crippen MR) is 157 cm³/mol. The van der Waals surface area contributed by atoms with Crippen molar-refractivity contribution in [2.75, 3.05) is 63.1 Å². The second-order valence-corrected chi connectivity index (χ2v) is 11.9. The molecule has 0 aliphatic carbocycles. The van der Waals surface area contributed by atoms with Gasteiger partial charge >= 0.3 is 0 Å². The minimum absolute atomic E-state index is 0.133. The van der Waals surface area contributed by atoms with Crippen LogP contribution in [0.3, 0.4) is 0 Å². The summed E-state index contributed by atoms with van der Waals surface area (Å²) in [5.74, 6) is 1.17. The molecule has 0 spiro atoms. The van der Waals surface area contributed by atoms with Crippen molar-refractivity contribution in [3.05, 3.63) is 72.3 Å². The predicted octanol–water partition coefficient (Wildman–Crippen LogP) is 3.67. The zero-order chi connectivity index (χ0) is 28.1. The fourth-order valence-electron chi connectivity index (χ4n) is 4.57. The molecule has 5 rings (SSSR count). The standard InChI is InChI=1S/C28H31N5O5S2/c1-37-23-12-13-24(38-2)26-25(23)30-28(39-26)33-18-16-32(17-19-33)15-14-29-27(34)21-10-6-7-11-22(21)31-40(35,36)20-8-4-3-5-9-20/h3-13,31H,14-19H2,1-2H3,(H,29,34). The van der Waals surface area contributed by atoms with Gasteiger partial charge in [0.1, 0.15) is 21.7 Å². The topological polar surface area (TPSA) is 113 Å². The van der Waals surface area contributed by atoms with Gasteiger partial charge in [-0.3, -0.25) is 14.4 Å². The first kappa shape index (κ1) is 27.7. The van der Waals surface area contributed by atoms with Crippen LogP contribution in [0.15, 0.2) is 71.6 Å². The molecule has 40 heavy (non-hydrogen) atoms. The Hall–Kier alpha value is -3.87. The van der Waals surface area contributed by atoms with Crippen LogP contribution in [0.5, 0.6) is 11.5 Å². The van der Waals surface area contributed by atoms with Gasteiger partial charge in [0, 0.05) is 39.3 Å². The van der Waals surface area contributed by atoms with Crippen LogP contribution in [-0.4, -0.2) is 77.7 Å². The van der Waals surface area contributed by atoms with Gasteiger partial charge in [-0.25, -0.2) is 13.4 Å². The summed E-state index contributed by atoms with van der Waals surface area (Å²) in [5, 5.41) is 3.86. The van der Waals surface area contributed by atoms with Gasteiger partial charge in [-0.2, -0.15) is 0 Å². The van der Waals surface area contributed by atoms with Crippen molar-refractivity contribution >= 4 is 48.3 Å². The van der Waals surface area contributed by atoms with Crippen molar-refractivity contribution in [1.29, 1.82) is 0 Å². The molecule has 2 heterocycles. The number of para-hydroxylation sites is 1. The number of anilines is 2. The highest BCUT2D eigenvalue weighted by Crippen LogP contribution is 2.40. The Morgan fingerprint density at radius 1 is 0.925 bits per heavy atom. The molecule has 1 aliphatic heterocycles. The van der Waals surface area contributed by atoms with Crippen LogP contribution in [0.1, 0.15) is 10.4 Å². The highest BCUT2D eigenvalue weighted by Gasteiger charge is 2.23. The third kappa shape index (κ3) is 5.98. The molecule has 12 heteroatoms. The van der Waals surface area contributed by atoms with Gasteiger partial charge in [-0.15, -0.1) is 0 Å². The minimum Gasteiger partial charge on any atom is -0.495 e. The number of nitrogens with one attached hydrogen (secondary N) is 2. The molecule has 1 fully saturated rings. The Kier molecular flexibility index (Phi) is 8.38. The molecule has 0 atom stereocenters. The van der Waals surface area contributed by atoms with Crippen molar-refractivity contribution in [1.82, 2.24) is 15.2 Å². The van der Waals surface area contributed by atoms with E-state index >= 15 is 0 Å². The van der Waals surface area contributed by atoms with Crippen LogP contribution >= 0.6 is 11.3 Å². The van der Waals surface area contributed by atoms with Gasteiger partial charge < -0.3 is 19.7 Å². The molecular weight excluding hydrogens is 550 g/mol. The first-order valence-electron chi connectivity index (χ1n) is 12.8. The van der Waals surface area contributed by atoms with E-state index in [9.17, 15) is 13.2 Å². The zero-order valence-corrected chi connectivity index (χ0v) is 23.9. The quantitative estimate of drug-likeness (QED) is 0.292. The molecule has 1 aliphatic rings.